The molecule has 0 atom stereocenters. The smallest absolute Gasteiger partial charge is 0.175 e. The maximum atomic E-state index is 11.4. The summed E-state index contributed by atoms with van der Waals surface area (Å²) < 4.78 is 22.8. The standard InChI is InChI=1S/C15H19N3O2S/c1-3-16-15-10-13(8-9-17-15)18-11-12-4-6-14(7-5-12)21(2,19)20/h4-10H,3,11H2,1-2H3,(H2,16,17,18). The molecule has 0 aliphatic carbocycles. The van der Waals surface area contributed by atoms with Crippen molar-refractivity contribution in [3.8, 4) is 0 Å². The van der Waals surface area contributed by atoms with Gasteiger partial charge in [0.1, 0.15) is 5.82 Å². The predicted molar refractivity (Wildman–Crippen MR) is 85.3 cm³/mol. The van der Waals surface area contributed by atoms with Crippen LogP contribution in [-0.4, -0.2) is 26.2 Å². The van der Waals surface area contributed by atoms with E-state index in [0.29, 0.717) is 11.4 Å². The first kappa shape index (κ1) is 15.3. The van der Waals surface area contributed by atoms with Crippen LogP contribution in [0.2, 0.25) is 0 Å². The van der Waals surface area contributed by atoms with Crippen molar-refractivity contribution in [3.05, 3.63) is 48.2 Å². The van der Waals surface area contributed by atoms with Crippen LogP contribution in [0.25, 0.3) is 0 Å². The van der Waals surface area contributed by atoms with Crippen LogP contribution in [0.3, 0.4) is 0 Å². The topological polar surface area (TPSA) is 71.1 Å². The number of pyridine rings is 1. The number of anilines is 2. The van der Waals surface area contributed by atoms with E-state index in [9.17, 15) is 8.42 Å². The Morgan fingerprint density at radius 1 is 1.10 bits per heavy atom. The summed E-state index contributed by atoms with van der Waals surface area (Å²) in [5.74, 6) is 0.829. The van der Waals surface area contributed by atoms with Gasteiger partial charge in [-0.25, -0.2) is 13.4 Å². The van der Waals surface area contributed by atoms with Gasteiger partial charge < -0.3 is 10.6 Å². The molecule has 0 spiro atoms. The molecule has 0 bridgehead atoms. The molecular formula is C15H19N3O2S. The summed E-state index contributed by atoms with van der Waals surface area (Å²) in [6.07, 6.45) is 2.95. The van der Waals surface area contributed by atoms with Gasteiger partial charge in [0.15, 0.2) is 9.84 Å². The van der Waals surface area contributed by atoms with Crippen LogP contribution >= 0.6 is 0 Å². The molecule has 5 nitrogen and oxygen atoms in total. The van der Waals surface area contributed by atoms with Crippen molar-refractivity contribution in [3.63, 3.8) is 0 Å². The van der Waals surface area contributed by atoms with Crippen molar-refractivity contribution in [2.75, 3.05) is 23.4 Å². The Balaban J connectivity index is 2.01. The summed E-state index contributed by atoms with van der Waals surface area (Å²) in [5.41, 5.74) is 1.98. The number of benzene rings is 1. The number of aromatic nitrogens is 1. The summed E-state index contributed by atoms with van der Waals surface area (Å²) in [5, 5.41) is 6.44. The minimum absolute atomic E-state index is 0.338. The average Bonchev–Trinajstić information content (AvgIpc) is 2.45. The quantitative estimate of drug-likeness (QED) is 0.858. The van der Waals surface area contributed by atoms with Crippen molar-refractivity contribution in [1.82, 2.24) is 4.98 Å². The fraction of sp³-hybridized carbons (Fsp3) is 0.267. The lowest BCUT2D eigenvalue weighted by Crippen LogP contribution is -2.03. The van der Waals surface area contributed by atoms with Gasteiger partial charge in [-0.05, 0) is 30.7 Å². The first-order valence-corrected chi connectivity index (χ1v) is 8.61. The van der Waals surface area contributed by atoms with Gasteiger partial charge in [-0.3, -0.25) is 0 Å². The lowest BCUT2D eigenvalue weighted by Gasteiger charge is -2.09. The summed E-state index contributed by atoms with van der Waals surface area (Å²) in [6, 6.07) is 10.7. The number of hydrogen-bond donors (Lipinski definition) is 2. The highest BCUT2D eigenvalue weighted by Gasteiger charge is 2.06. The molecule has 2 aromatic rings. The first-order chi connectivity index (χ1) is 9.99. The van der Waals surface area contributed by atoms with Crippen molar-refractivity contribution in [1.29, 1.82) is 0 Å². The van der Waals surface area contributed by atoms with E-state index in [1.165, 1.54) is 6.26 Å². The summed E-state index contributed by atoms with van der Waals surface area (Å²) in [7, 11) is -3.14. The van der Waals surface area contributed by atoms with Crippen molar-refractivity contribution in [2.24, 2.45) is 0 Å². The lowest BCUT2D eigenvalue weighted by molar-refractivity contribution is 0.602. The summed E-state index contributed by atoms with van der Waals surface area (Å²) >= 11 is 0. The average molecular weight is 305 g/mol. The van der Waals surface area contributed by atoms with Crippen molar-refractivity contribution in [2.45, 2.75) is 18.4 Å². The molecule has 0 aliphatic heterocycles. The molecule has 0 fully saturated rings. The molecule has 21 heavy (non-hydrogen) atoms. The third-order valence-corrected chi connectivity index (χ3v) is 4.09. The minimum atomic E-state index is -3.14. The third-order valence-electron chi connectivity index (χ3n) is 2.97. The van der Waals surface area contributed by atoms with E-state index in [2.05, 4.69) is 15.6 Å². The molecule has 0 amide bonds. The fourth-order valence-corrected chi connectivity index (χ4v) is 2.51. The normalized spacial score (nSPS) is 11.1. The number of nitrogens with one attached hydrogen (secondary N) is 2. The van der Waals surface area contributed by atoms with Gasteiger partial charge in [0.25, 0.3) is 0 Å². The van der Waals surface area contributed by atoms with Gasteiger partial charge in [-0.1, -0.05) is 12.1 Å². The van der Waals surface area contributed by atoms with Crippen LogP contribution in [0.4, 0.5) is 11.5 Å². The number of hydrogen-bond acceptors (Lipinski definition) is 5. The van der Waals surface area contributed by atoms with E-state index < -0.39 is 9.84 Å². The van der Waals surface area contributed by atoms with E-state index in [0.717, 1.165) is 23.6 Å². The Labute approximate surface area is 125 Å². The fourth-order valence-electron chi connectivity index (χ4n) is 1.88. The molecule has 0 aliphatic rings. The molecule has 1 aromatic carbocycles. The number of sulfone groups is 1. The Hall–Kier alpha value is -2.08. The van der Waals surface area contributed by atoms with Crippen molar-refractivity contribution < 1.29 is 8.42 Å². The maximum absolute atomic E-state index is 11.4. The molecule has 0 saturated carbocycles. The summed E-state index contributed by atoms with van der Waals surface area (Å²) in [4.78, 5) is 4.54. The largest absolute Gasteiger partial charge is 0.381 e. The minimum Gasteiger partial charge on any atom is -0.381 e. The molecular weight excluding hydrogens is 286 g/mol. The monoisotopic (exact) mass is 305 g/mol. The van der Waals surface area contributed by atoms with Crippen LogP contribution in [-0.2, 0) is 16.4 Å². The van der Waals surface area contributed by atoms with Gasteiger partial charge >= 0.3 is 0 Å². The van der Waals surface area contributed by atoms with Crippen LogP contribution in [0.5, 0.6) is 0 Å². The Kier molecular flexibility index (Phi) is 4.80. The van der Waals surface area contributed by atoms with E-state index in [-0.39, 0.29) is 0 Å². The number of nitrogens with zero attached hydrogens (tertiary/aromatic N) is 1. The molecule has 2 rings (SSSR count). The Morgan fingerprint density at radius 3 is 2.43 bits per heavy atom. The molecule has 0 saturated heterocycles. The molecule has 6 heteroatoms. The van der Waals surface area contributed by atoms with Crippen LogP contribution in [0.1, 0.15) is 12.5 Å². The molecule has 2 N–H and O–H groups in total. The second-order valence-electron chi connectivity index (χ2n) is 4.73. The zero-order valence-electron chi connectivity index (χ0n) is 12.1. The SMILES string of the molecule is CCNc1cc(NCc2ccc(S(C)(=O)=O)cc2)ccn1. The second kappa shape index (κ2) is 6.58. The molecule has 0 radical (unpaired) electrons. The summed E-state index contributed by atoms with van der Waals surface area (Å²) in [6.45, 7) is 3.47. The van der Waals surface area contributed by atoms with Crippen LogP contribution in [0.15, 0.2) is 47.5 Å². The van der Waals surface area contributed by atoms with E-state index in [1.54, 1.807) is 18.3 Å². The lowest BCUT2D eigenvalue weighted by atomic mass is 10.2. The number of rotatable bonds is 6. The van der Waals surface area contributed by atoms with Crippen LogP contribution in [0, 0.1) is 0 Å². The van der Waals surface area contributed by atoms with Gasteiger partial charge in [-0.15, -0.1) is 0 Å². The highest BCUT2D eigenvalue weighted by Crippen LogP contribution is 2.14. The predicted octanol–water partition coefficient (Wildman–Crippen LogP) is 2.53. The zero-order chi connectivity index (χ0) is 15.3. The molecule has 1 heterocycles. The highest BCUT2D eigenvalue weighted by molar-refractivity contribution is 7.90. The molecule has 1 aromatic heterocycles. The van der Waals surface area contributed by atoms with Gasteiger partial charge in [-0.2, -0.15) is 0 Å². The molecule has 0 unspecified atom stereocenters. The van der Waals surface area contributed by atoms with Crippen molar-refractivity contribution >= 4 is 21.3 Å². The first-order valence-electron chi connectivity index (χ1n) is 6.72. The Bertz CT molecular complexity index is 697. The van der Waals surface area contributed by atoms with Gasteiger partial charge in [0, 0.05) is 37.3 Å². The molecule has 112 valence electrons. The second-order valence-corrected chi connectivity index (χ2v) is 6.75. The van der Waals surface area contributed by atoms with E-state index in [4.69, 9.17) is 0 Å². The van der Waals surface area contributed by atoms with Gasteiger partial charge in [0.05, 0.1) is 4.90 Å². The third kappa shape index (κ3) is 4.46. The van der Waals surface area contributed by atoms with E-state index in [1.807, 2.05) is 31.2 Å². The zero-order valence-corrected chi connectivity index (χ0v) is 12.9. The highest BCUT2D eigenvalue weighted by atomic mass is 32.2. The van der Waals surface area contributed by atoms with E-state index >= 15 is 0 Å². The van der Waals surface area contributed by atoms with Crippen LogP contribution < -0.4 is 10.6 Å². The van der Waals surface area contributed by atoms with Gasteiger partial charge in [0.2, 0.25) is 0 Å². The Morgan fingerprint density at radius 2 is 1.81 bits per heavy atom. The maximum Gasteiger partial charge on any atom is 0.175 e.